The number of amides is 2. The number of benzene rings is 2. The van der Waals surface area contributed by atoms with Gasteiger partial charge in [0.05, 0.1) is 25.7 Å². The lowest BCUT2D eigenvalue weighted by Gasteiger charge is -2.40. The summed E-state index contributed by atoms with van der Waals surface area (Å²) in [6.07, 6.45) is 1.14. The fourth-order valence-electron chi connectivity index (χ4n) is 5.06. The molecule has 4 rings (SSSR count). The van der Waals surface area contributed by atoms with Crippen LogP contribution in [0.1, 0.15) is 47.2 Å². The third-order valence-electron chi connectivity index (χ3n) is 6.75. The summed E-state index contributed by atoms with van der Waals surface area (Å²) in [5, 5.41) is 23.5. The van der Waals surface area contributed by atoms with Crippen molar-refractivity contribution in [2.24, 2.45) is 0 Å². The number of hydrogen-bond donors (Lipinski definition) is 3. The van der Waals surface area contributed by atoms with Crippen molar-refractivity contribution in [1.82, 2.24) is 10.2 Å². The topological polar surface area (TPSA) is 125 Å². The molecule has 0 bridgehead atoms. The average Bonchev–Trinajstić information content (AvgIpc) is 3.31. The molecule has 9 heteroatoms. The van der Waals surface area contributed by atoms with Crippen LogP contribution in [0.25, 0.3) is 0 Å². The van der Waals surface area contributed by atoms with Crippen LogP contribution >= 0.6 is 0 Å². The summed E-state index contributed by atoms with van der Waals surface area (Å²) in [5.74, 6) is -0.644. The highest BCUT2D eigenvalue weighted by atomic mass is 16.5. The van der Waals surface area contributed by atoms with Crippen molar-refractivity contribution >= 4 is 18.1 Å². The monoisotopic (exact) mass is 508 g/mol. The summed E-state index contributed by atoms with van der Waals surface area (Å²) < 4.78 is 11.6. The molecule has 0 spiro atoms. The number of aliphatic hydroxyl groups excluding tert-OH is 2. The van der Waals surface area contributed by atoms with E-state index in [0.29, 0.717) is 40.9 Å². The molecule has 2 amide bonds. The maximum Gasteiger partial charge on any atom is 0.247 e. The first-order chi connectivity index (χ1) is 17.9. The number of fused-ring (bicyclic) bond motifs is 3. The van der Waals surface area contributed by atoms with E-state index in [0.717, 1.165) is 5.56 Å². The number of aldehydes is 1. The Kier molecular flexibility index (Phi) is 8.25. The number of hydrogen-bond acceptors (Lipinski definition) is 7. The van der Waals surface area contributed by atoms with Crippen LogP contribution in [0.2, 0.25) is 0 Å². The van der Waals surface area contributed by atoms with Crippen LogP contribution in [-0.4, -0.2) is 71.7 Å². The zero-order valence-corrected chi connectivity index (χ0v) is 20.9. The maximum atomic E-state index is 13.3. The van der Waals surface area contributed by atoms with Gasteiger partial charge in [-0.1, -0.05) is 37.3 Å². The number of aliphatic hydroxyl groups is 2. The molecule has 0 saturated heterocycles. The highest BCUT2D eigenvalue weighted by molar-refractivity contribution is 5.96. The Bertz CT molecular complexity index is 1180. The van der Waals surface area contributed by atoms with Crippen LogP contribution in [0.4, 0.5) is 0 Å². The summed E-state index contributed by atoms with van der Waals surface area (Å²) in [6, 6.07) is 11.8. The molecule has 3 N–H and O–H groups in total. The van der Waals surface area contributed by atoms with Gasteiger partial charge in [0, 0.05) is 36.2 Å². The first kappa shape index (κ1) is 26.4. The Hall–Kier alpha value is -3.69. The Morgan fingerprint density at radius 1 is 1.22 bits per heavy atom. The van der Waals surface area contributed by atoms with E-state index in [9.17, 15) is 24.6 Å². The van der Waals surface area contributed by atoms with Gasteiger partial charge in [-0.3, -0.25) is 14.4 Å². The Balaban J connectivity index is 1.82. The van der Waals surface area contributed by atoms with Gasteiger partial charge in [-0.05, 0) is 30.2 Å². The van der Waals surface area contributed by atoms with E-state index in [-0.39, 0.29) is 32.0 Å². The quantitative estimate of drug-likeness (QED) is 0.419. The van der Waals surface area contributed by atoms with Crippen molar-refractivity contribution in [2.45, 2.75) is 50.5 Å². The predicted molar refractivity (Wildman–Crippen MR) is 135 cm³/mol. The van der Waals surface area contributed by atoms with Gasteiger partial charge in [0.1, 0.15) is 18.5 Å². The molecule has 37 heavy (non-hydrogen) atoms. The smallest absolute Gasteiger partial charge is 0.247 e. The molecule has 1 aliphatic heterocycles. The lowest BCUT2D eigenvalue weighted by molar-refractivity contribution is -0.138. The van der Waals surface area contributed by atoms with Gasteiger partial charge < -0.3 is 29.9 Å². The molecule has 0 radical (unpaired) electrons. The lowest BCUT2D eigenvalue weighted by atomic mass is 9.77. The normalized spacial score (nSPS) is 21.7. The third-order valence-corrected chi connectivity index (χ3v) is 6.75. The van der Waals surface area contributed by atoms with Gasteiger partial charge in [-0.25, -0.2) is 0 Å². The summed E-state index contributed by atoms with van der Waals surface area (Å²) in [5.41, 5.74) is 2.06. The average molecular weight is 509 g/mol. The van der Waals surface area contributed by atoms with Gasteiger partial charge in [0.2, 0.25) is 11.8 Å². The highest BCUT2D eigenvalue weighted by Gasteiger charge is 2.51. The van der Waals surface area contributed by atoms with Crippen molar-refractivity contribution in [3.63, 3.8) is 0 Å². The Labute approximate surface area is 215 Å². The van der Waals surface area contributed by atoms with Gasteiger partial charge in [0.25, 0.3) is 0 Å². The number of nitrogens with one attached hydrogen (secondary N) is 1. The van der Waals surface area contributed by atoms with Crippen LogP contribution in [0.3, 0.4) is 0 Å². The molecule has 0 aromatic heterocycles. The Morgan fingerprint density at radius 2 is 1.97 bits per heavy atom. The van der Waals surface area contributed by atoms with Crippen LogP contribution < -0.4 is 14.8 Å². The number of rotatable bonds is 10. The fraction of sp³-hybridized carbons (Fsp3) is 0.393. The summed E-state index contributed by atoms with van der Waals surface area (Å²) in [6.45, 7) is 1.94. The summed E-state index contributed by atoms with van der Waals surface area (Å²) >= 11 is 0. The first-order valence-corrected chi connectivity index (χ1v) is 12.4. The molecule has 2 aromatic carbocycles. The minimum Gasteiger partial charge on any atom is -0.493 e. The van der Waals surface area contributed by atoms with Gasteiger partial charge >= 0.3 is 0 Å². The number of methoxy groups -OCH3 is 1. The molecule has 4 atom stereocenters. The van der Waals surface area contributed by atoms with Crippen LogP contribution in [0.5, 0.6) is 11.5 Å². The molecule has 2 aromatic rings. The fourth-order valence-corrected chi connectivity index (χ4v) is 5.06. The first-order valence-electron chi connectivity index (χ1n) is 12.4. The van der Waals surface area contributed by atoms with Crippen LogP contribution in [-0.2, 0) is 16.1 Å². The molecular formula is C28H32N2O7. The number of carbonyl (C=O) groups is 3. The lowest BCUT2D eigenvalue weighted by Crippen LogP contribution is -2.55. The minimum atomic E-state index is -1.17. The largest absolute Gasteiger partial charge is 0.493 e. The number of ether oxygens (including phenoxy) is 2. The Morgan fingerprint density at radius 3 is 2.62 bits per heavy atom. The molecule has 0 unspecified atom stereocenters. The molecule has 196 valence electrons. The molecule has 2 aliphatic rings. The van der Waals surface area contributed by atoms with E-state index in [1.165, 1.54) is 13.2 Å². The molecule has 1 aliphatic carbocycles. The molecule has 1 heterocycles. The standard InChI is InChI=1S/C28H32N2O7/c1-3-7-23(33)30(15-17-8-5-4-6-9-17)21-14-20(28(35)29-10-11-31)24-19-12-18(16-32)13-22(36-2)26(19)37-27(24)25(21)34/h4-6,8-9,12-14,16,21,24-25,27,31,34H,3,7,10-11,15H2,1-2H3,(H,29,35)/t21-,24+,25+,27+/m1/s1. The zero-order valence-electron chi connectivity index (χ0n) is 20.9. The van der Waals surface area contributed by atoms with E-state index in [1.54, 1.807) is 17.0 Å². The summed E-state index contributed by atoms with van der Waals surface area (Å²) in [4.78, 5) is 39.8. The van der Waals surface area contributed by atoms with Crippen molar-refractivity contribution in [3.05, 3.63) is 70.8 Å². The van der Waals surface area contributed by atoms with Gasteiger partial charge in [-0.2, -0.15) is 0 Å². The van der Waals surface area contributed by atoms with Crippen LogP contribution in [0, 0.1) is 0 Å². The van der Waals surface area contributed by atoms with E-state index in [1.807, 2.05) is 37.3 Å². The second-order valence-corrected chi connectivity index (χ2v) is 9.16. The molecule has 0 fully saturated rings. The van der Waals surface area contributed by atoms with E-state index < -0.39 is 30.1 Å². The second kappa shape index (κ2) is 11.6. The number of carbonyl (C=O) groups excluding carboxylic acids is 3. The van der Waals surface area contributed by atoms with E-state index >= 15 is 0 Å². The van der Waals surface area contributed by atoms with E-state index in [2.05, 4.69) is 5.32 Å². The van der Waals surface area contributed by atoms with Gasteiger partial charge in [-0.15, -0.1) is 0 Å². The SMILES string of the molecule is CCCC(=O)N(Cc1ccccc1)[C@@H]1C=C(C(=O)NCCO)[C@@H]2c3cc(C=O)cc(OC)c3O[C@@H]2[C@H]1O. The van der Waals surface area contributed by atoms with Crippen LogP contribution in [0.15, 0.2) is 54.1 Å². The van der Waals surface area contributed by atoms with Crippen molar-refractivity contribution in [1.29, 1.82) is 0 Å². The van der Waals surface area contributed by atoms with Crippen molar-refractivity contribution < 1.29 is 34.1 Å². The van der Waals surface area contributed by atoms with Crippen molar-refractivity contribution in [2.75, 3.05) is 20.3 Å². The maximum absolute atomic E-state index is 13.3. The van der Waals surface area contributed by atoms with Gasteiger partial charge in [0.15, 0.2) is 11.5 Å². The van der Waals surface area contributed by atoms with Crippen molar-refractivity contribution in [3.8, 4) is 11.5 Å². The number of nitrogens with zero attached hydrogens (tertiary/aromatic N) is 1. The zero-order chi connectivity index (χ0) is 26.5. The highest BCUT2D eigenvalue weighted by Crippen LogP contribution is 2.51. The molecule has 0 saturated carbocycles. The summed E-state index contributed by atoms with van der Waals surface area (Å²) in [7, 11) is 1.45. The second-order valence-electron chi connectivity index (χ2n) is 9.16. The molecular weight excluding hydrogens is 476 g/mol. The van der Waals surface area contributed by atoms with E-state index in [4.69, 9.17) is 9.47 Å². The molecule has 9 nitrogen and oxygen atoms in total. The third kappa shape index (κ3) is 5.23. The predicted octanol–water partition coefficient (Wildman–Crippen LogP) is 1.96. The minimum absolute atomic E-state index is 0.0364.